The van der Waals surface area contributed by atoms with Crippen LogP contribution in [0.15, 0.2) is 12.1 Å². The van der Waals surface area contributed by atoms with Crippen molar-refractivity contribution < 1.29 is 9.84 Å². The smallest absolute Gasteiger partial charge is 0.235 e. The van der Waals surface area contributed by atoms with E-state index in [1.165, 1.54) is 0 Å². The molecule has 0 aromatic carbocycles. The molecule has 0 radical (unpaired) electrons. The van der Waals surface area contributed by atoms with Crippen LogP contribution in [0.2, 0.25) is 5.15 Å². The van der Waals surface area contributed by atoms with Gasteiger partial charge < -0.3 is 9.84 Å². The molecule has 1 heterocycles. The zero-order valence-corrected chi connectivity index (χ0v) is 9.40. The topological polar surface area (TPSA) is 67.3 Å². The second-order valence-electron chi connectivity index (χ2n) is 3.21. The Labute approximate surface area is 93.4 Å². The zero-order chi connectivity index (χ0) is 11.3. The first-order chi connectivity index (χ1) is 7.08. The quantitative estimate of drug-likeness (QED) is 0.735. The Balaban J connectivity index is 2.37. The van der Waals surface area contributed by atoms with E-state index in [0.717, 1.165) is 0 Å². The second-order valence-corrected chi connectivity index (χ2v) is 3.60. The summed E-state index contributed by atoms with van der Waals surface area (Å²) in [6.45, 7) is 3.97. The number of aliphatic hydroxyl groups is 1. The number of ether oxygens (including phenoxy) is 1. The average Bonchev–Trinajstić information content (AvgIpc) is 2.19. The molecule has 2 unspecified atom stereocenters. The summed E-state index contributed by atoms with van der Waals surface area (Å²) in [4.78, 5) is 0. The van der Waals surface area contributed by atoms with Gasteiger partial charge in [0.05, 0.1) is 6.10 Å². The van der Waals surface area contributed by atoms with Gasteiger partial charge >= 0.3 is 0 Å². The minimum absolute atomic E-state index is 0.241. The molecule has 5 nitrogen and oxygen atoms in total. The number of aromatic nitrogens is 2. The van der Waals surface area contributed by atoms with Crippen LogP contribution in [0.25, 0.3) is 0 Å². The van der Waals surface area contributed by atoms with Gasteiger partial charge in [0.15, 0.2) is 5.15 Å². The van der Waals surface area contributed by atoms with Crippen molar-refractivity contribution in [3.8, 4) is 5.88 Å². The maximum atomic E-state index is 9.04. The van der Waals surface area contributed by atoms with E-state index in [1.807, 2.05) is 6.92 Å². The van der Waals surface area contributed by atoms with E-state index in [2.05, 4.69) is 15.5 Å². The molecule has 1 aromatic rings. The minimum atomic E-state index is -0.410. The second kappa shape index (κ2) is 5.85. The molecule has 0 amide bonds. The molecule has 0 bridgehead atoms. The summed E-state index contributed by atoms with van der Waals surface area (Å²) in [5, 5.41) is 19.7. The van der Waals surface area contributed by atoms with Gasteiger partial charge in [0.1, 0.15) is 6.23 Å². The first kappa shape index (κ1) is 12.2. The number of aliphatic hydroxyl groups excluding tert-OH is 1. The van der Waals surface area contributed by atoms with E-state index in [9.17, 15) is 0 Å². The summed E-state index contributed by atoms with van der Waals surface area (Å²) in [7, 11) is 0. The van der Waals surface area contributed by atoms with E-state index in [-0.39, 0.29) is 6.23 Å². The molecule has 6 heteroatoms. The van der Waals surface area contributed by atoms with Gasteiger partial charge in [-0.05, 0) is 19.9 Å². The van der Waals surface area contributed by atoms with Crippen molar-refractivity contribution >= 4 is 11.6 Å². The molecule has 0 aliphatic rings. The molecule has 0 fully saturated rings. The number of rotatable bonds is 5. The highest BCUT2D eigenvalue weighted by Crippen LogP contribution is 2.09. The molecule has 0 aliphatic carbocycles. The van der Waals surface area contributed by atoms with Crippen LogP contribution in [0, 0.1) is 0 Å². The predicted molar refractivity (Wildman–Crippen MR) is 56.8 cm³/mol. The van der Waals surface area contributed by atoms with Crippen LogP contribution in [-0.2, 0) is 0 Å². The lowest BCUT2D eigenvalue weighted by Gasteiger charge is -2.15. The molecule has 2 N–H and O–H groups in total. The van der Waals surface area contributed by atoms with Crippen molar-refractivity contribution in [2.75, 3.05) is 6.54 Å². The van der Waals surface area contributed by atoms with Gasteiger partial charge in [0, 0.05) is 12.6 Å². The van der Waals surface area contributed by atoms with Crippen LogP contribution < -0.4 is 10.1 Å². The number of hydrogen-bond donors (Lipinski definition) is 2. The molecule has 2 atom stereocenters. The predicted octanol–water partition coefficient (Wildman–Crippen LogP) is 0.825. The van der Waals surface area contributed by atoms with E-state index in [0.29, 0.717) is 17.6 Å². The summed E-state index contributed by atoms with van der Waals surface area (Å²) in [5.74, 6) is 0.394. The Morgan fingerprint density at radius 3 is 2.73 bits per heavy atom. The highest BCUT2D eigenvalue weighted by atomic mass is 35.5. The van der Waals surface area contributed by atoms with Gasteiger partial charge in [0.25, 0.3) is 0 Å². The Hall–Kier alpha value is -0.910. The van der Waals surface area contributed by atoms with Crippen LogP contribution in [-0.4, -0.2) is 34.2 Å². The summed E-state index contributed by atoms with van der Waals surface area (Å²) in [5.41, 5.74) is 0. The lowest BCUT2D eigenvalue weighted by Crippen LogP contribution is -2.36. The highest BCUT2D eigenvalue weighted by Gasteiger charge is 2.05. The molecule has 0 aliphatic heterocycles. The molecule has 1 aromatic heterocycles. The normalized spacial score (nSPS) is 14.7. The zero-order valence-electron chi connectivity index (χ0n) is 8.64. The van der Waals surface area contributed by atoms with Crippen LogP contribution >= 0.6 is 11.6 Å². The summed E-state index contributed by atoms with van der Waals surface area (Å²) in [6, 6.07) is 3.24. The molecule has 1 rings (SSSR count). The van der Waals surface area contributed by atoms with E-state index in [4.69, 9.17) is 21.4 Å². The van der Waals surface area contributed by atoms with Gasteiger partial charge in [-0.2, -0.15) is 0 Å². The number of halogens is 1. The molecule has 0 spiro atoms. The van der Waals surface area contributed by atoms with Crippen molar-refractivity contribution in [1.29, 1.82) is 0 Å². The van der Waals surface area contributed by atoms with E-state index >= 15 is 0 Å². The van der Waals surface area contributed by atoms with Gasteiger partial charge in [-0.1, -0.05) is 11.6 Å². The Morgan fingerprint density at radius 1 is 1.47 bits per heavy atom. The number of nitrogens with zero attached hydrogens (tertiary/aromatic N) is 2. The van der Waals surface area contributed by atoms with Crippen LogP contribution in [0.5, 0.6) is 5.88 Å². The van der Waals surface area contributed by atoms with Crippen molar-refractivity contribution in [2.24, 2.45) is 0 Å². The molecular formula is C9H14ClN3O2. The summed E-state index contributed by atoms with van der Waals surface area (Å²) < 4.78 is 5.37. The monoisotopic (exact) mass is 231 g/mol. The van der Waals surface area contributed by atoms with E-state index in [1.54, 1.807) is 19.1 Å². The fraction of sp³-hybridized carbons (Fsp3) is 0.556. The maximum Gasteiger partial charge on any atom is 0.235 e. The third-order valence-corrected chi connectivity index (χ3v) is 1.81. The Morgan fingerprint density at radius 2 is 2.20 bits per heavy atom. The van der Waals surface area contributed by atoms with E-state index < -0.39 is 6.10 Å². The van der Waals surface area contributed by atoms with Gasteiger partial charge in [0.2, 0.25) is 5.88 Å². The highest BCUT2D eigenvalue weighted by molar-refractivity contribution is 6.29. The van der Waals surface area contributed by atoms with Crippen molar-refractivity contribution in [3.05, 3.63) is 17.3 Å². The maximum absolute atomic E-state index is 9.04. The number of nitrogens with one attached hydrogen (secondary N) is 1. The standard InChI is InChI=1S/C9H14ClN3O2/c1-6(14)5-11-7(2)15-9-4-3-8(10)12-13-9/h3-4,6-7,11,14H,5H2,1-2H3. The fourth-order valence-electron chi connectivity index (χ4n) is 0.926. The van der Waals surface area contributed by atoms with Crippen molar-refractivity contribution in [1.82, 2.24) is 15.5 Å². The van der Waals surface area contributed by atoms with Crippen molar-refractivity contribution in [3.63, 3.8) is 0 Å². The Bertz CT molecular complexity index is 292. The first-order valence-corrected chi connectivity index (χ1v) is 5.03. The van der Waals surface area contributed by atoms with Gasteiger partial charge in [-0.3, -0.25) is 5.32 Å². The molecule has 0 saturated heterocycles. The summed E-state index contributed by atoms with van der Waals surface area (Å²) >= 11 is 5.57. The van der Waals surface area contributed by atoms with Crippen LogP contribution in [0.1, 0.15) is 13.8 Å². The van der Waals surface area contributed by atoms with Crippen molar-refractivity contribution in [2.45, 2.75) is 26.2 Å². The molecule has 84 valence electrons. The first-order valence-electron chi connectivity index (χ1n) is 4.65. The minimum Gasteiger partial charge on any atom is -0.458 e. The van der Waals surface area contributed by atoms with Crippen LogP contribution in [0.3, 0.4) is 0 Å². The summed E-state index contributed by atoms with van der Waals surface area (Å²) in [6.07, 6.45) is -0.651. The molecule has 15 heavy (non-hydrogen) atoms. The van der Waals surface area contributed by atoms with Gasteiger partial charge in [-0.25, -0.2) is 0 Å². The lowest BCUT2D eigenvalue weighted by molar-refractivity contribution is 0.133. The SMILES string of the molecule is CC(O)CNC(C)Oc1ccc(Cl)nn1. The third kappa shape index (κ3) is 4.92. The lowest BCUT2D eigenvalue weighted by atomic mass is 10.4. The average molecular weight is 232 g/mol. The number of hydrogen-bond acceptors (Lipinski definition) is 5. The largest absolute Gasteiger partial charge is 0.458 e. The third-order valence-electron chi connectivity index (χ3n) is 1.61. The Kier molecular flexibility index (Phi) is 4.74. The molecular weight excluding hydrogens is 218 g/mol. The molecule has 0 saturated carbocycles. The van der Waals surface area contributed by atoms with Gasteiger partial charge in [-0.15, -0.1) is 10.2 Å². The fourth-order valence-corrected chi connectivity index (χ4v) is 1.03. The van der Waals surface area contributed by atoms with Crippen LogP contribution in [0.4, 0.5) is 0 Å².